The highest BCUT2D eigenvalue weighted by Crippen LogP contribution is 2.11. The number of benzene rings is 1. The third-order valence-electron chi connectivity index (χ3n) is 2.93. The number of hydrogen-bond donors (Lipinski definition) is 2. The van der Waals surface area contributed by atoms with E-state index in [4.69, 9.17) is 0 Å². The van der Waals surface area contributed by atoms with Crippen LogP contribution in [0.2, 0.25) is 0 Å². The van der Waals surface area contributed by atoms with Crippen LogP contribution in [0.15, 0.2) is 30.3 Å². The molecule has 5 nitrogen and oxygen atoms in total. The molecule has 0 radical (unpaired) electrons. The zero-order valence-corrected chi connectivity index (χ0v) is 14.8. The smallest absolute Gasteiger partial charge is 0.244 e. The molecule has 0 bridgehead atoms. The molecule has 1 aromatic rings. The van der Waals surface area contributed by atoms with Crippen molar-refractivity contribution in [2.45, 2.75) is 32.4 Å². The van der Waals surface area contributed by atoms with Gasteiger partial charge in [0.05, 0.1) is 0 Å². The normalized spacial score (nSPS) is 12.9. The molecule has 0 unspecified atom stereocenters. The van der Waals surface area contributed by atoms with Crippen molar-refractivity contribution in [3.63, 3.8) is 0 Å². The summed E-state index contributed by atoms with van der Waals surface area (Å²) in [5.74, 6) is 0.0938. The van der Waals surface area contributed by atoms with Gasteiger partial charge in [-0.05, 0) is 44.5 Å². The Morgan fingerprint density at radius 1 is 1.17 bits per heavy atom. The summed E-state index contributed by atoms with van der Waals surface area (Å²) >= 11 is 0. The Hall–Kier alpha value is -1.95. The zero-order valence-electron chi connectivity index (χ0n) is 14.0. The van der Waals surface area contributed by atoms with Gasteiger partial charge in [-0.2, -0.15) is 0 Å². The lowest BCUT2D eigenvalue weighted by atomic mass is 10.2. The van der Waals surface area contributed by atoms with Gasteiger partial charge in [-0.1, -0.05) is 12.1 Å². The quantitative estimate of drug-likeness (QED) is 0.783. The Morgan fingerprint density at radius 3 is 2.30 bits per heavy atom. The molecule has 0 aliphatic rings. The van der Waals surface area contributed by atoms with Crippen molar-refractivity contribution in [3.8, 4) is 0 Å². The molecule has 0 aliphatic carbocycles. The molecule has 23 heavy (non-hydrogen) atoms. The first-order valence-corrected chi connectivity index (χ1v) is 8.72. The number of carbonyl (C=O) groups excluding carboxylic acids is 2. The molecule has 6 heteroatoms. The average molecular weight is 336 g/mol. The maximum atomic E-state index is 11.8. The summed E-state index contributed by atoms with van der Waals surface area (Å²) < 4.78 is 11.6. The molecule has 1 rings (SSSR count). The van der Waals surface area contributed by atoms with E-state index in [9.17, 15) is 13.8 Å². The SMILES string of the molecule is CC(=O)Nc1ccc(/C=C/C(=O)NCC[S@@](=O)C(C)(C)C)cc1. The summed E-state index contributed by atoms with van der Waals surface area (Å²) in [5.41, 5.74) is 1.57. The highest BCUT2D eigenvalue weighted by atomic mass is 32.2. The van der Waals surface area contributed by atoms with E-state index in [1.807, 2.05) is 32.9 Å². The summed E-state index contributed by atoms with van der Waals surface area (Å²) in [5, 5.41) is 5.39. The summed E-state index contributed by atoms with van der Waals surface area (Å²) in [6.07, 6.45) is 3.13. The van der Waals surface area contributed by atoms with Gasteiger partial charge in [0.15, 0.2) is 0 Å². The lowest BCUT2D eigenvalue weighted by molar-refractivity contribution is -0.116. The van der Waals surface area contributed by atoms with Gasteiger partial charge in [-0.15, -0.1) is 0 Å². The van der Waals surface area contributed by atoms with E-state index >= 15 is 0 Å². The van der Waals surface area contributed by atoms with Crippen LogP contribution < -0.4 is 10.6 Å². The Kier molecular flexibility index (Phi) is 7.16. The molecule has 1 aromatic carbocycles. The van der Waals surface area contributed by atoms with Gasteiger partial charge >= 0.3 is 0 Å². The molecule has 0 aromatic heterocycles. The second kappa shape index (κ2) is 8.62. The Bertz CT molecular complexity index is 601. The largest absolute Gasteiger partial charge is 0.352 e. The number of anilines is 1. The topological polar surface area (TPSA) is 75.3 Å². The van der Waals surface area contributed by atoms with Crippen molar-refractivity contribution < 1.29 is 13.8 Å². The minimum Gasteiger partial charge on any atom is -0.352 e. The van der Waals surface area contributed by atoms with E-state index in [0.29, 0.717) is 18.0 Å². The summed E-state index contributed by atoms with van der Waals surface area (Å²) in [4.78, 5) is 22.6. The summed E-state index contributed by atoms with van der Waals surface area (Å²) in [6.45, 7) is 7.57. The van der Waals surface area contributed by atoms with Crippen LogP contribution in [-0.2, 0) is 20.4 Å². The van der Waals surface area contributed by atoms with Gasteiger partial charge in [0, 0.05) is 46.5 Å². The van der Waals surface area contributed by atoms with Gasteiger partial charge in [-0.25, -0.2) is 0 Å². The molecular weight excluding hydrogens is 312 g/mol. The molecule has 0 saturated carbocycles. The minimum absolute atomic E-state index is 0.125. The maximum absolute atomic E-state index is 11.8. The van der Waals surface area contributed by atoms with Gasteiger partial charge < -0.3 is 10.6 Å². The molecule has 1 atom stereocenters. The Morgan fingerprint density at radius 2 is 1.78 bits per heavy atom. The number of carbonyl (C=O) groups is 2. The molecule has 126 valence electrons. The maximum Gasteiger partial charge on any atom is 0.244 e. The van der Waals surface area contributed by atoms with Gasteiger partial charge in [0.1, 0.15) is 0 Å². The van der Waals surface area contributed by atoms with Crippen LogP contribution in [0, 0.1) is 0 Å². The van der Waals surface area contributed by atoms with Crippen molar-refractivity contribution >= 4 is 34.4 Å². The number of hydrogen-bond acceptors (Lipinski definition) is 3. The monoisotopic (exact) mass is 336 g/mol. The van der Waals surface area contributed by atoms with Crippen LogP contribution in [0.1, 0.15) is 33.3 Å². The number of rotatable bonds is 6. The van der Waals surface area contributed by atoms with E-state index in [-0.39, 0.29) is 16.6 Å². The third-order valence-corrected chi connectivity index (χ3v) is 4.87. The first-order chi connectivity index (χ1) is 10.7. The van der Waals surface area contributed by atoms with Gasteiger partial charge in [0.2, 0.25) is 11.8 Å². The fourth-order valence-corrected chi connectivity index (χ4v) is 2.58. The second-order valence-corrected chi connectivity index (χ2v) is 8.41. The van der Waals surface area contributed by atoms with Crippen molar-refractivity contribution in [2.24, 2.45) is 0 Å². The average Bonchev–Trinajstić information content (AvgIpc) is 2.45. The first kappa shape index (κ1) is 19.1. The van der Waals surface area contributed by atoms with Crippen LogP contribution in [0.4, 0.5) is 5.69 Å². The second-order valence-electron chi connectivity index (χ2n) is 6.09. The van der Waals surface area contributed by atoms with Crippen LogP contribution in [0.25, 0.3) is 6.08 Å². The summed E-state index contributed by atoms with van der Waals surface area (Å²) in [6, 6.07) is 7.16. The molecule has 0 spiro atoms. The number of amides is 2. The van der Waals surface area contributed by atoms with Crippen molar-refractivity contribution in [1.29, 1.82) is 0 Å². The van der Waals surface area contributed by atoms with E-state index in [0.717, 1.165) is 5.56 Å². The highest BCUT2D eigenvalue weighted by molar-refractivity contribution is 7.86. The van der Waals surface area contributed by atoms with Gasteiger partial charge in [-0.3, -0.25) is 13.8 Å². The first-order valence-electron chi connectivity index (χ1n) is 7.40. The predicted octanol–water partition coefficient (Wildman–Crippen LogP) is 2.32. The summed E-state index contributed by atoms with van der Waals surface area (Å²) in [7, 11) is -0.975. The third kappa shape index (κ3) is 7.74. The highest BCUT2D eigenvalue weighted by Gasteiger charge is 2.18. The van der Waals surface area contributed by atoms with Crippen LogP contribution in [0.3, 0.4) is 0 Å². The number of nitrogens with one attached hydrogen (secondary N) is 2. The fraction of sp³-hybridized carbons (Fsp3) is 0.412. The lowest BCUT2D eigenvalue weighted by Gasteiger charge is -2.17. The Labute approximate surface area is 140 Å². The lowest BCUT2D eigenvalue weighted by Crippen LogP contribution is -2.31. The standard InChI is InChI=1S/C17H24N2O3S/c1-13(20)19-15-8-5-14(6-9-15)7-10-16(21)18-11-12-23(22)17(2,3)4/h5-10H,11-12H2,1-4H3,(H,18,21)(H,19,20)/b10-7+/t23-/m1/s1. The van der Waals surface area contributed by atoms with Crippen LogP contribution >= 0.6 is 0 Å². The van der Waals surface area contributed by atoms with E-state index in [2.05, 4.69) is 10.6 Å². The van der Waals surface area contributed by atoms with E-state index in [1.165, 1.54) is 13.0 Å². The van der Waals surface area contributed by atoms with Crippen molar-refractivity contribution in [2.75, 3.05) is 17.6 Å². The minimum atomic E-state index is -0.975. The van der Waals surface area contributed by atoms with E-state index < -0.39 is 10.8 Å². The van der Waals surface area contributed by atoms with Crippen LogP contribution in [0.5, 0.6) is 0 Å². The molecule has 0 aliphatic heterocycles. The van der Waals surface area contributed by atoms with Gasteiger partial charge in [0.25, 0.3) is 0 Å². The van der Waals surface area contributed by atoms with Crippen molar-refractivity contribution in [1.82, 2.24) is 5.32 Å². The molecule has 0 saturated heterocycles. The fourth-order valence-electron chi connectivity index (χ4n) is 1.68. The molecule has 2 amide bonds. The molecule has 0 fully saturated rings. The predicted molar refractivity (Wildman–Crippen MR) is 95.6 cm³/mol. The molecular formula is C17H24N2O3S. The molecule has 2 N–H and O–H groups in total. The van der Waals surface area contributed by atoms with Crippen LogP contribution in [-0.4, -0.2) is 33.1 Å². The van der Waals surface area contributed by atoms with E-state index in [1.54, 1.807) is 18.2 Å². The van der Waals surface area contributed by atoms with Crippen molar-refractivity contribution in [3.05, 3.63) is 35.9 Å². The Balaban J connectivity index is 2.43. The zero-order chi connectivity index (χ0) is 17.5. The molecule has 0 heterocycles.